The molecule has 0 fully saturated rings. The molecule has 1 N–H and O–H groups in total. The van der Waals surface area contributed by atoms with E-state index in [4.69, 9.17) is 9.47 Å². The molecule has 4 nitrogen and oxygen atoms in total. The predicted octanol–water partition coefficient (Wildman–Crippen LogP) is 3.38. The van der Waals surface area contributed by atoms with E-state index in [1.165, 1.54) is 0 Å². The molecule has 0 unspecified atom stereocenters. The summed E-state index contributed by atoms with van der Waals surface area (Å²) >= 11 is 0. The Bertz CT molecular complexity index is 820. The van der Waals surface area contributed by atoms with Crippen molar-refractivity contribution in [3.63, 3.8) is 0 Å². The molecule has 0 saturated carbocycles. The van der Waals surface area contributed by atoms with Gasteiger partial charge in [0.25, 0.3) is 0 Å². The van der Waals surface area contributed by atoms with Gasteiger partial charge in [-0.15, -0.1) is 0 Å². The van der Waals surface area contributed by atoms with Crippen LogP contribution in [0.1, 0.15) is 10.4 Å². The standard InChI is InChI=1S/C16H11NO3/c18-8-11-6-14-15(20-9-19-14)7-13(11)12-3-1-2-10-4-5-17-16(10)12/h1-8,17H,9H2. The van der Waals surface area contributed by atoms with E-state index in [9.17, 15) is 4.79 Å². The number of fused-ring (bicyclic) bond motifs is 2. The zero-order chi connectivity index (χ0) is 13.5. The van der Waals surface area contributed by atoms with Crippen LogP contribution in [0.2, 0.25) is 0 Å². The highest BCUT2D eigenvalue weighted by atomic mass is 16.7. The van der Waals surface area contributed by atoms with E-state index in [0.29, 0.717) is 17.1 Å². The minimum absolute atomic E-state index is 0.198. The van der Waals surface area contributed by atoms with Crippen LogP contribution in [0.3, 0.4) is 0 Å². The Morgan fingerprint density at radius 2 is 1.90 bits per heavy atom. The predicted molar refractivity (Wildman–Crippen MR) is 75.2 cm³/mol. The third kappa shape index (κ3) is 1.51. The lowest BCUT2D eigenvalue weighted by atomic mass is 9.98. The number of hydrogen-bond donors (Lipinski definition) is 1. The fraction of sp³-hybridized carbons (Fsp3) is 0.0625. The molecular formula is C16H11NO3. The molecule has 1 aromatic heterocycles. The molecule has 98 valence electrons. The molecular weight excluding hydrogens is 254 g/mol. The molecule has 4 rings (SSSR count). The molecule has 2 aromatic carbocycles. The lowest BCUT2D eigenvalue weighted by molar-refractivity contribution is 0.112. The molecule has 2 heterocycles. The molecule has 3 aromatic rings. The summed E-state index contributed by atoms with van der Waals surface area (Å²) < 4.78 is 10.7. The first-order valence-electron chi connectivity index (χ1n) is 6.32. The zero-order valence-corrected chi connectivity index (χ0v) is 10.6. The SMILES string of the molecule is O=Cc1cc2c(cc1-c1cccc3cc[nH]c13)OCO2. The maximum Gasteiger partial charge on any atom is 0.231 e. The lowest BCUT2D eigenvalue weighted by Crippen LogP contribution is -1.92. The third-order valence-electron chi connectivity index (χ3n) is 3.55. The largest absolute Gasteiger partial charge is 0.454 e. The number of nitrogens with one attached hydrogen (secondary N) is 1. The normalized spacial score (nSPS) is 12.8. The second-order valence-electron chi connectivity index (χ2n) is 4.66. The Labute approximate surface area is 114 Å². The zero-order valence-electron chi connectivity index (χ0n) is 10.6. The number of carbonyl (C=O) groups excluding carboxylic acids is 1. The van der Waals surface area contributed by atoms with E-state index < -0.39 is 0 Å². The van der Waals surface area contributed by atoms with E-state index in [1.807, 2.05) is 36.5 Å². The second-order valence-corrected chi connectivity index (χ2v) is 4.66. The van der Waals surface area contributed by atoms with Crippen molar-refractivity contribution in [2.75, 3.05) is 6.79 Å². The van der Waals surface area contributed by atoms with Crippen molar-refractivity contribution in [3.8, 4) is 22.6 Å². The lowest BCUT2D eigenvalue weighted by Gasteiger charge is -2.08. The Morgan fingerprint density at radius 1 is 1.05 bits per heavy atom. The highest BCUT2D eigenvalue weighted by molar-refractivity contribution is 5.99. The van der Waals surface area contributed by atoms with Gasteiger partial charge in [-0.25, -0.2) is 0 Å². The fourth-order valence-corrected chi connectivity index (χ4v) is 2.60. The third-order valence-corrected chi connectivity index (χ3v) is 3.55. The molecule has 0 saturated heterocycles. The van der Waals surface area contributed by atoms with Gasteiger partial charge in [0.2, 0.25) is 6.79 Å². The van der Waals surface area contributed by atoms with Crippen LogP contribution in [0.25, 0.3) is 22.0 Å². The van der Waals surface area contributed by atoms with Gasteiger partial charge in [-0.3, -0.25) is 4.79 Å². The number of para-hydroxylation sites is 1. The van der Waals surface area contributed by atoms with Crippen LogP contribution in [0.4, 0.5) is 0 Å². The molecule has 0 aliphatic carbocycles. The van der Waals surface area contributed by atoms with Crippen molar-refractivity contribution in [1.82, 2.24) is 4.98 Å². The van der Waals surface area contributed by atoms with Crippen LogP contribution in [0, 0.1) is 0 Å². The summed E-state index contributed by atoms with van der Waals surface area (Å²) in [6.45, 7) is 0.198. The minimum atomic E-state index is 0.198. The monoisotopic (exact) mass is 265 g/mol. The van der Waals surface area contributed by atoms with Crippen molar-refractivity contribution >= 4 is 17.2 Å². The van der Waals surface area contributed by atoms with Gasteiger partial charge < -0.3 is 14.5 Å². The molecule has 0 radical (unpaired) electrons. The average molecular weight is 265 g/mol. The van der Waals surface area contributed by atoms with Crippen LogP contribution in [0.5, 0.6) is 11.5 Å². The Balaban J connectivity index is 2.02. The molecule has 0 atom stereocenters. The topological polar surface area (TPSA) is 51.3 Å². The number of rotatable bonds is 2. The van der Waals surface area contributed by atoms with Gasteiger partial charge >= 0.3 is 0 Å². The van der Waals surface area contributed by atoms with E-state index in [0.717, 1.165) is 28.3 Å². The van der Waals surface area contributed by atoms with Crippen LogP contribution in [-0.2, 0) is 0 Å². The first-order chi connectivity index (χ1) is 9.86. The first-order valence-corrected chi connectivity index (χ1v) is 6.32. The summed E-state index contributed by atoms with van der Waals surface area (Å²) in [7, 11) is 0. The molecule has 20 heavy (non-hydrogen) atoms. The Morgan fingerprint density at radius 3 is 2.75 bits per heavy atom. The van der Waals surface area contributed by atoms with Crippen molar-refractivity contribution < 1.29 is 14.3 Å². The second kappa shape index (κ2) is 4.13. The summed E-state index contributed by atoms with van der Waals surface area (Å²) in [5, 5.41) is 1.11. The summed E-state index contributed by atoms with van der Waals surface area (Å²) in [5.74, 6) is 1.30. The van der Waals surface area contributed by atoms with Gasteiger partial charge in [-0.1, -0.05) is 18.2 Å². The molecule has 4 heteroatoms. The average Bonchev–Trinajstić information content (AvgIpc) is 3.13. The summed E-state index contributed by atoms with van der Waals surface area (Å²) in [6, 6.07) is 11.6. The summed E-state index contributed by atoms with van der Waals surface area (Å²) in [5.41, 5.74) is 3.43. The van der Waals surface area contributed by atoms with Gasteiger partial charge in [0.1, 0.15) is 0 Å². The molecule has 0 amide bonds. The van der Waals surface area contributed by atoms with Crippen molar-refractivity contribution in [2.45, 2.75) is 0 Å². The fourth-order valence-electron chi connectivity index (χ4n) is 2.60. The Hall–Kier alpha value is -2.75. The maximum atomic E-state index is 11.4. The van der Waals surface area contributed by atoms with E-state index >= 15 is 0 Å². The van der Waals surface area contributed by atoms with Gasteiger partial charge in [0.05, 0.1) is 5.52 Å². The number of hydrogen-bond acceptors (Lipinski definition) is 3. The van der Waals surface area contributed by atoms with Crippen molar-refractivity contribution in [3.05, 3.63) is 48.2 Å². The summed E-state index contributed by atoms with van der Waals surface area (Å²) in [6.07, 6.45) is 2.74. The van der Waals surface area contributed by atoms with Crippen LogP contribution >= 0.6 is 0 Å². The molecule has 0 spiro atoms. The van der Waals surface area contributed by atoms with Crippen molar-refractivity contribution in [2.24, 2.45) is 0 Å². The number of ether oxygens (including phenoxy) is 2. The molecule has 0 bridgehead atoms. The number of aromatic nitrogens is 1. The van der Waals surface area contributed by atoms with E-state index in [-0.39, 0.29) is 6.79 Å². The first kappa shape index (κ1) is 11.1. The van der Waals surface area contributed by atoms with E-state index in [2.05, 4.69) is 4.98 Å². The van der Waals surface area contributed by atoms with Gasteiger partial charge in [-0.05, 0) is 29.1 Å². The number of aldehydes is 1. The quantitative estimate of drug-likeness (QED) is 0.723. The molecule has 1 aliphatic heterocycles. The van der Waals surface area contributed by atoms with Crippen LogP contribution < -0.4 is 9.47 Å². The summed E-state index contributed by atoms with van der Waals surface area (Å²) in [4.78, 5) is 14.6. The number of benzene rings is 2. The number of aromatic amines is 1. The highest BCUT2D eigenvalue weighted by Gasteiger charge is 2.19. The van der Waals surface area contributed by atoms with E-state index in [1.54, 1.807) is 6.07 Å². The molecule has 1 aliphatic rings. The van der Waals surface area contributed by atoms with Crippen LogP contribution in [-0.4, -0.2) is 18.1 Å². The van der Waals surface area contributed by atoms with Gasteiger partial charge in [-0.2, -0.15) is 0 Å². The van der Waals surface area contributed by atoms with Gasteiger partial charge in [0, 0.05) is 17.3 Å². The minimum Gasteiger partial charge on any atom is -0.454 e. The smallest absolute Gasteiger partial charge is 0.231 e. The number of carbonyl (C=O) groups is 1. The Kier molecular flexibility index (Phi) is 2.29. The van der Waals surface area contributed by atoms with Crippen molar-refractivity contribution in [1.29, 1.82) is 0 Å². The highest BCUT2D eigenvalue weighted by Crippen LogP contribution is 2.39. The van der Waals surface area contributed by atoms with Gasteiger partial charge in [0.15, 0.2) is 17.8 Å². The maximum absolute atomic E-state index is 11.4. The van der Waals surface area contributed by atoms with Crippen LogP contribution in [0.15, 0.2) is 42.6 Å². The number of H-pyrrole nitrogens is 1.